The van der Waals surface area contributed by atoms with Crippen molar-refractivity contribution in [3.63, 3.8) is 0 Å². The molecule has 1 unspecified atom stereocenters. The van der Waals surface area contributed by atoms with Crippen LogP contribution in [0.1, 0.15) is 43.5 Å². The number of hydrogen-bond donors (Lipinski definition) is 1. The van der Waals surface area contributed by atoms with Gasteiger partial charge in [-0.3, -0.25) is 9.78 Å². The van der Waals surface area contributed by atoms with Gasteiger partial charge in [-0.2, -0.15) is 0 Å². The summed E-state index contributed by atoms with van der Waals surface area (Å²) in [4.78, 5) is 16.3. The number of carbonyl (C=O) groups excluding carboxylic acids is 1. The number of pyridine rings is 1. The Morgan fingerprint density at radius 2 is 2.33 bits per heavy atom. The Kier molecular flexibility index (Phi) is 5.36. The average Bonchev–Trinajstić information content (AvgIpc) is 2.98. The summed E-state index contributed by atoms with van der Waals surface area (Å²) >= 11 is 0. The van der Waals surface area contributed by atoms with Gasteiger partial charge in [-0.15, -0.1) is 5.10 Å². The molecule has 0 saturated heterocycles. The van der Waals surface area contributed by atoms with E-state index in [-0.39, 0.29) is 11.9 Å². The molecule has 1 atom stereocenters. The molecular formula is C14H20N6O. The minimum atomic E-state index is -0.0366. The van der Waals surface area contributed by atoms with Crippen molar-refractivity contribution in [2.45, 2.75) is 45.7 Å². The van der Waals surface area contributed by atoms with Crippen LogP contribution in [-0.2, 0) is 11.3 Å². The van der Waals surface area contributed by atoms with E-state index in [0.717, 1.165) is 17.7 Å². The number of nitrogens with zero attached hydrogens (tertiary/aromatic N) is 5. The number of aryl methyl sites for hydroxylation is 2. The van der Waals surface area contributed by atoms with Gasteiger partial charge in [-0.05, 0) is 47.9 Å². The normalized spacial score (nSPS) is 12.1. The summed E-state index contributed by atoms with van der Waals surface area (Å²) in [6.07, 6.45) is 5.28. The van der Waals surface area contributed by atoms with Gasteiger partial charge < -0.3 is 5.32 Å². The predicted octanol–water partition coefficient (Wildman–Crippen LogP) is 1.42. The van der Waals surface area contributed by atoms with Crippen molar-refractivity contribution in [3.8, 4) is 0 Å². The molecular weight excluding hydrogens is 268 g/mol. The predicted molar refractivity (Wildman–Crippen MR) is 77.2 cm³/mol. The molecule has 0 spiro atoms. The van der Waals surface area contributed by atoms with Crippen molar-refractivity contribution in [2.75, 3.05) is 0 Å². The lowest BCUT2D eigenvalue weighted by Crippen LogP contribution is -2.28. The molecule has 2 heterocycles. The molecule has 0 aliphatic carbocycles. The third kappa shape index (κ3) is 4.62. The number of carbonyl (C=O) groups is 1. The highest BCUT2D eigenvalue weighted by Crippen LogP contribution is 2.15. The first kappa shape index (κ1) is 15.1. The van der Waals surface area contributed by atoms with E-state index in [0.29, 0.717) is 19.4 Å². The highest BCUT2D eigenvalue weighted by Gasteiger charge is 2.13. The second kappa shape index (κ2) is 7.47. The summed E-state index contributed by atoms with van der Waals surface area (Å²) < 4.78 is 1.62. The number of amides is 1. The van der Waals surface area contributed by atoms with E-state index in [9.17, 15) is 4.79 Å². The number of nitrogens with one attached hydrogen (secondary N) is 1. The van der Waals surface area contributed by atoms with Crippen LogP contribution < -0.4 is 5.32 Å². The molecule has 1 N–H and O–H groups in total. The zero-order chi connectivity index (χ0) is 15.1. The summed E-state index contributed by atoms with van der Waals surface area (Å²) in [6.45, 7) is 4.70. The quantitative estimate of drug-likeness (QED) is 0.833. The molecule has 0 radical (unpaired) electrons. The van der Waals surface area contributed by atoms with Gasteiger partial charge in [0, 0.05) is 19.2 Å². The summed E-state index contributed by atoms with van der Waals surface area (Å²) in [5, 5.41) is 13.9. The van der Waals surface area contributed by atoms with Gasteiger partial charge in [-0.1, -0.05) is 6.92 Å². The molecule has 2 rings (SSSR count). The van der Waals surface area contributed by atoms with Gasteiger partial charge >= 0.3 is 0 Å². The van der Waals surface area contributed by atoms with Gasteiger partial charge in [0.25, 0.3) is 0 Å². The minimum Gasteiger partial charge on any atom is -0.348 e. The molecule has 1 amide bonds. The van der Waals surface area contributed by atoms with Crippen LogP contribution >= 0.6 is 0 Å². The fourth-order valence-electron chi connectivity index (χ4n) is 2.09. The van der Waals surface area contributed by atoms with Crippen molar-refractivity contribution in [1.82, 2.24) is 30.5 Å². The van der Waals surface area contributed by atoms with Crippen molar-refractivity contribution in [2.24, 2.45) is 0 Å². The largest absolute Gasteiger partial charge is 0.348 e. The van der Waals surface area contributed by atoms with E-state index in [2.05, 4.69) is 25.8 Å². The second-order valence-corrected chi connectivity index (χ2v) is 4.96. The van der Waals surface area contributed by atoms with Crippen molar-refractivity contribution >= 4 is 5.91 Å². The molecule has 7 nitrogen and oxygen atoms in total. The van der Waals surface area contributed by atoms with E-state index in [4.69, 9.17) is 0 Å². The molecule has 0 bridgehead atoms. The van der Waals surface area contributed by atoms with E-state index in [1.165, 1.54) is 0 Å². The van der Waals surface area contributed by atoms with E-state index >= 15 is 0 Å². The Morgan fingerprint density at radius 1 is 1.48 bits per heavy atom. The minimum absolute atomic E-state index is 0.0261. The van der Waals surface area contributed by atoms with Gasteiger partial charge in [-0.25, -0.2) is 4.68 Å². The van der Waals surface area contributed by atoms with Crippen molar-refractivity contribution in [1.29, 1.82) is 0 Å². The standard InChI is InChI=1S/C14H20N6O/c1-3-12(13-9-11(2)6-7-15-13)17-14(21)5-4-8-20-10-16-18-19-20/h6-7,9-10,12H,3-5,8H2,1-2H3,(H,17,21). The first-order valence-electron chi connectivity index (χ1n) is 7.11. The van der Waals surface area contributed by atoms with Crippen molar-refractivity contribution in [3.05, 3.63) is 35.9 Å². The summed E-state index contributed by atoms with van der Waals surface area (Å²) in [6, 6.07) is 3.92. The topological polar surface area (TPSA) is 85.6 Å². The summed E-state index contributed by atoms with van der Waals surface area (Å²) in [7, 11) is 0. The van der Waals surface area contributed by atoms with Gasteiger partial charge in [0.05, 0.1) is 11.7 Å². The lowest BCUT2D eigenvalue weighted by atomic mass is 10.1. The molecule has 2 aromatic heterocycles. The molecule has 0 aliphatic rings. The van der Waals surface area contributed by atoms with Crippen LogP contribution in [0.5, 0.6) is 0 Å². The van der Waals surface area contributed by atoms with Crippen LogP contribution in [0, 0.1) is 6.92 Å². The molecule has 112 valence electrons. The van der Waals surface area contributed by atoms with Crippen LogP contribution in [-0.4, -0.2) is 31.1 Å². The Labute approximate surface area is 123 Å². The van der Waals surface area contributed by atoms with Crippen LogP contribution in [0.2, 0.25) is 0 Å². The summed E-state index contributed by atoms with van der Waals surface area (Å²) in [5.41, 5.74) is 2.05. The molecule has 0 fully saturated rings. The van der Waals surface area contributed by atoms with Crippen LogP contribution in [0.3, 0.4) is 0 Å². The Bertz CT molecular complexity index is 569. The lowest BCUT2D eigenvalue weighted by molar-refractivity contribution is -0.122. The maximum atomic E-state index is 12.0. The maximum Gasteiger partial charge on any atom is 0.220 e. The first-order valence-corrected chi connectivity index (χ1v) is 7.11. The summed E-state index contributed by atoms with van der Waals surface area (Å²) in [5.74, 6) is 0.0261. The smallest absolute Gasteiger partial charge is 0.220 e. The van der Waals surface area contributed by atoms with Gasteiger partial charge in [0.1, 0.15) is 6.33 Å². The zero-order valence-corrected chi connectivity index (χ0v) is 12.4. The zero-order valence-electron chi connectivity index (χ0n) is 12.4. The molecule has 2 aromatic rings. The van der Waals surface area contributed by atoms with E-state index in [1.54, 1.807) is 17.2 Å². The highest BCUT2D eigenvalue weighted by atomic mass is 16.1. The third-order valence-corrected chi connectivity index (χ3v) is 3.22. The lowest BCUT2D eigenvalue weighted by Gasteiger charge is -2.16. The maximum absolute atomic E-state index is 12.0. The number of aromatic nitrogens is 5. The Morgan fingerprint density at radius 3 is 3.00 bits per heavy atom. The Balaban J connectivity index is 1.82. The molecule has 21 heavy (non-hydrogen) atoms. The third-order valence-electron chi connectivity index (χ3n) is 3.22. The fourth-order valence-corrected chi connectivity index (χ4v) is 2.09. The van der Waals surface area contributed by atoms with Crippen LogP contribution in [0.15, 0.2) is 24.7 Å². The fraction of sp³-hybridized carbons (Fsp3) is 0.500. The molecule has 7 heteroatoms. The number of tetrazole rings is 1. The van der Waals surface area contributed by atoms with E-state index in [1.807, 2.05) is 26.0 Å². The number of hydrogen-bond acceptors (Lipinski definition) is 5. The van der Waals surface area contributed by atoms with Gasteiger partial charge in [0.2, 0.25) is 5.91 Å². The van der Waals surface area contributed by atoms with Crippen LogP contribution in [0.25, 0.3) is 0 Å². The molecule has 0 saturated carbocycles. The molecule has 0 aromatic carbocycles. The SMILES string of the molecule is CCC(NC(=O)CCCn1cnnn1)c1cc(C)ccn1. The highest BCUT2D eigenvalue weighted by molar-refractivity contribution is 5.76. The monoisotopic (exact) mass is 288 g/mol. The van der Waals surface area contributed by atoms with Gasteiger partial charge in [0.15, 0.2) is 0 Å². The van der Waals surface area contributed by atoms with Crippen LogP contribution in [0.4, 0.5) is 0 Å². The first-order chi connectivity index (χ1) is 10.2. The number of rotatable bonds is 7. The second-order valence-electron chi connectivity index (χ2n) is 4.96. The molecule has 0 aliphatic heterocycles. The average molecular weight is 288 g/mol. The Hall–Kier alpha value is -2.31. The van der Waals surface area contributed by atoms with Crippen molar-refractivity contribution < 1.29 is 4.79 Å². The van der Waals surface area contributed by atoms with E-state index < -0.39 is 0 Å².